The van der Waals surface area contributed by atoms with E-state index >= 15 is 0 Å². The fourth-order valence-electron chi connectivity index (χ4n) is 2.75. The van der Waals surface area contributed by atoms with E-state index in [-0.39, 0.29) is 19.0 Å². The molecular formula is C21H26N2O4. The zero-order chi connectivity index (χ0) is 19.6. The molecule has 144 valence electrons. The average Bonchev–Trinajstić information content (AvgIpc) is 2.65. The van der Waals surface area contributed by atoms with Crippen molar-refractivity contribution in [1.82, 2.24) is 10.6 Å². The second kappa shape index (κ2) is 10.3. The van der Waals surface area contributed by atoms with Gasteiger partial charge < -0.3 is 20.8 Å². The molecule has 0 radical (unpaired) electrons. The summed E-state index contributed by atoms with van der Waals surface area (Å²) in [6.45, 7) is 2.04. The number of carbonyl (C=O) groups excluding carboxylic acids is 1. The first-order chi connectivity index (χ1) is 12.9. The number of carbonyl (C=O) groups is 2. The van der Waals surface area contributed by atoms with Crippen LogP contribution >= 0.6 is 0 Å². The molecule has 2 amide bonds. The summed E-state index contributed by atoms with van der Waals surface area (Å²) in [5.74, 6) is -0.898. The molecule has 0 heterocycles. The van der Waals surface area contributed by atoms with Gasteiger partial charge in [0.25, 0.3) is 0 Å². The molecule has 4 N–H and O–H groups in total. The van der Waals surface area contributed by atoms with Crippen molar-refractivity contribution in [3.05, 3.63) is 71.3 Å². The molecule has 0 aliphatic heterocycles. The van der Waals surface area contributed by atoms with Gasteiger partial charge in [0.2, 0.25) is 0 Å². The lowest BCUT2D eigenvalue weighted by atomic mass is 10.0. The number of aliphatic hydroxyl groups is 1. The summed E-state index contributed by atoms with van der Waals surface area (Å²) in [6, 6.07) is 16.3. The number of hydrogen-bond acceptors (Lipinski definition) is 3. The quantitative estimate of drug-likeness (QED) is 0.545. The Morgan fingerprint density at radius 1 is 1.04 bits per heavy atom. The minimum Gasteiger partial charge on any atom is -0.481 e. The van der Waals surface area contributed by atoms with Crippen LogP contribution in [0.2, 0.25) is 0 Å². The van der Waals surface area contributed by atoms with Crippen molar-refractivity contribution in [2.75, 3.05) is 6.54 Å². The van der Waals surface area contributed by atoms with E-state index in [2.05, 4.69) is 10.6 Å². The van der Waals surface area contributed by atoms with E-state index in [1.54, 1.807) is 0 Å². The SMILES string of the molecule is Cc1ccc([C@H](O)CNC(=O)NC(CCC(=O)O)Cc2ccccc2)cc1. The average molecular weight is 370 g/mol. The molecule has 0 bridgehead atoms. The Bertz CT molecular complexity index is 732. The lowest BCUT2D eigenvalue weighted by Crippen LogP contribution is -2.44. The summed E-state index contributed by atoms with van der Waals surface area (Å²) in [5.41, 5.74) is 2.85. The van der Waals surface area contributed by atoms with Crippen molar-refractivity contribution in [2.45, 2.75) is 38.3 Å². The van der Waals surface area contributed by atoms with Gasteiger partial charge >= 0.3 is 12.0 Å². The zero-order valence-electron chi connectivity index (χ0n) is 15.4. The highest BCUT2D eigenvalue weighted by molar-refractivity contribution is 5.74. The second-order valence-electron chi connectivity index (χ2n) is 6.60. The van der Waals surface area contributed by atoms with Gasteiger partial charge in [0.1, 0.15) is 0 Å². The van der Waals surface area contributed by atoms with Crippen LogP contribution in [-0.2, 0) is 11.2 Å². The zero-order valence-corrected chi connectivity index (χ0v) is 15.4. The van der Waals surface area contributed by atoms with E-state index < -0.39 is 18.1 Å². The van der Waals surface area contributed by atoms with Crippen LogP contribution in [0.5, 0.6) is 0 Å². The molecule has 0 fully saturated rings. The standard InChI is InChI=1S/C21H26N2O4/c1-15-7-9-17(10-8-15)19(24)14-22-21(27)23-18(11-12-20(25)26)13-16-5-3-2-4-6-16/h2-10,18-19,24H,11-14H2,1H3,(H,25,26)(H2,22,23,27)/t18?,19-/m1/s1. The minimum atomic E-state index is -0.898. The predicted molar refractivity (Wildman–Crippen MR) is 103 cm³/mol. The van der Waals surface area contributed by atoms with Gasteiger partial charge in [0.05, 0.1) is 6.10 Å². The van der Waals surface area contributed by atoms with Crippen molar-refractivity contribution in [3.8, 4) is 0 Å². The third-order valence-corrected chi connectivity index (χ3v) is 4.28. The fourth-order valence-corrected chi connectivity index (χ4v) is 2.75. The van der Waals surface area contributed by atoms with Crippen LogP contribution in [0.1, 0.15) is 35.6 Å². The molecular weight excluding hydrogens is 344 g/mol. The van der Waals surface area contributed by atoms with Crippen molar-refractivity contribution in [1.29, 1.82) is 0 Å². The Morgan fingerprint density at radius 3 is 2.33 bits per heavy atom. The van der Waals surface area contributed by atoms with Crippen LogP contribution in [0.4, 0.5) is 4.79 Å². The molecule has 0 saturated heterocycles. The molecule has 2 aromatic rings. The van der Waals surface area contributed by atoms with Gasteiger partial charge in [0, 0.05) is 19.0 Å². The van der Waals surface area contributed by atoms with Crippen LogP contribution in [0.3, 0.4) is 0 Å². The van der Waals surface area contributed by atoms with Crippen LogP contribution in [0.25, 0.3) is 0 Å². The smallest absolute Gasteiger partial charge is 0.315 e. The second-order valence-corrected chi connectivity index (χ2v) is 6.60. The van der Waals surface area contributed by atoms with Gasteiger partial charge in [-0.3, -0.25) is 4.79 Å². The van der Waals surface area contributed by atoms with Crippen LogP contribution in [0, 0.1) is 6.92 Å². The van der Waals surface area contributed by atoms with E-state index in [4.69, 9.17) is 5.11 Å². The van der Waals surface area contributed by atoms with Crippen molar-refractivity contribution < 1.29 is 19.8 Å². The Morgan fingerprint density at radius 2 is 1.70 bits per heavy atom. The number of benzene rings is 2. The molecule has 0 spiro atoms. The summed E-state index contributed by atoms with van der Waals surface area (Å²) in [6.07, 6.45) is 0.0484. The summed E-state index contributed by atoms with van der Waals surface area (Å²) >= 11 is 0. The van der Waals surface area contributed by atoms with Gasteiger partial charge in [-0.2, -0.15) is 0 Å². The van der Waals surface area contributed by atoms with E-state index in [0.717, 1.165) is 16.7 Å². The lowest BCUT2D eigenvalue weighted by molar-refractivity contribution is -0.137. The number of amides is 2. The highest BCUT2D eigenvalue weighted by atomic mass is 16.4. The van der Waals surface area contributed by atoms with E-state index in [0.29, 0.717) is 12.8 Å². The van der Waals surface area contributed by atoms with Gasteiger partial charge in [-0.15, -0.1) is 0 Å². The summed E-state index contributed by atoms with van der Waals surface area (Å²) in [4.78, 5) is 23.1. The molecule has 0 aliphatic rings. The maximum atomic E-state index is 12.2. The van der Waals surface area contributed by atoms with E-state index in [1.165, 1.54) is 0 Å². The first kappa shape index (κ1) is 20.5. The predicted octanol–water partition coefficient (Wildman–Crippen LogP) is 2.80. The Kier molecular flexibility index (Phi) is 7.82. The number of hydrogen-bond donors (Lipinski definition) is 4. The Labute approximate surface area is 159 Å². The molecule has 6 nitrogen and oxygen atoms in total. The molecule has 2 rings (SSSR count). The van der Waals surface area contributed by atoms with Crippen molar-refractivity contribution in [3.63, 3.8) is 0 Å². The molecule has 6 heteroatoms. The van der Waals surface area contributed by atoms with Crippen LogP contribution < -0.4 is 10.6 Å². The number of aliphatic carboxylic acids is 1. The summed E-state index contributed by atoms with van der Waals surface area (Å²) < 4.78 is 0. The van der Waals surface area contributed by atoms with Gasteiger partial charge in [-0.05, 0) is 30.9 Å². The number of carboxylic acids is 1. The van der Waals surface area contributed by atoms with Gasteiger partial charge in [0.15, 0.2) is 0 Å². The largest absolute Gasteiger partial charge is 0.481 e. The molecule has 0 aromatic heterocycles. The van der Waals surface area contributed by atoms with Crippen molar-refractivity contribution in [2.24, 2.45) is 0 Å². The maximum absolute atomic E-state index is 12.2. The lowest BCUT2D eigenvalue weighted by Gasteiger charge is -2.20. The highest BCUT2D eigenvalue weighted by Crippen LogP contribution is 2.13. The first-order valence-electron chi connectivity index (χ1n) is 8.98. The van der Waals surface area contributed by atoms with Crippen LogP contribution in [0.15, 0.2) is 54.6 Å². The fraction of sp³-hybridized carbons (Fsp3) is 0.333. The van der Waals surface area contributed by atoms with Crippen LogP contribution in [-0.4, -0.2) is 34.8 Å². The topological polar surface area (TPSA) is 98.7 Å². The number of nitrogens with one attached hydrogen (secondary N) is 2. The maximum Gasteiger partial charge on any atom is 0.315 e. The summed E-state index contributed by atoms with van der Waals surface area (Å²) in [5, 5.41) is 24.6. The number of urea groups is 1. The highest BCUT2D eigenvalue weighted by Gasteiger charge is 2.16. The van der Waals surface area contributed by atoms with Gasteiger partial charge in [-0.1, -0.05) is 60.2 Å². The monoisotopic (exact) mass is 370 g/mol. The molecule has 0 aliphatic carbocycles. The Hall–Kier alpha value is -2.86. The van der Waals surface area contributed by atoms with Gasteiger partial charge in [-0.25, -0.2) is 4.79 Å². The number of aryl methyl sites for hydroxylation is 1. The molecule has 27 heavy (non-hydrogen) atoms. The molecule has 1 unspecified atom stereocenters. The normalized spacial score (nSPS) is 12.8. The molecule has 2 aromatic carbocycles. The number of carboxylic acid groups (broad SMARTS) is 1. The van der Waals surface area contributed by atoms with E-state index in [1.807, 2.05) is 61.5 Å². The molecule has 0 saturated carbocycles. The third kappa shape index (κ3) is 7.50. The first-order valence-corrected chi connectivity index (χ1v) is 8.98. The molecule has 2 atom stereocenters. The number of rotatable bonds is 9. The van der Waals surface area contributed by atoms with Crippen molar-refractivity contribution >= 4 is 12.0 Å². The van der Waals surface area contributed by atoms with E-state index in [9.17, 15) is 14.7 Å². The number of aliphatic hydroxyl groups excluding tert-OH is 1. The third-order valence-electron chi connectivity index (χ3n) is 4.28. The Balaban J connectivity index is 1.87. The summed E-state index contributed by atoms with van der Waals surface area (Å²) in [7, 11) is 0. The minimum absolute atomic E-state index is 0.0240.